The van der Waals surface area contributed by atoms with Crippen LogP contribution in [0.15, 0.2) is 18.6 Å². The van der Waals surface area contributed by atoms with Crippen molar-refractivity contribution < 1.29 is 0 Å². The lowest BCUT2D eigenvalue weighted by molar-refractivity contribution is 0.665. The maximum Gasteiger partial charge on any atom is 0.250 e. The smallest absolute Gasteiger partial charge is 0.250 e. The van der Waals surface area contributed by atoms with Gasteiger partial charge in [-0.1, -0.05) is 6.92 Å². The summed E-state index contributed by atoms with van der Waals surface area (Å²) in [5.74, 6) is 0.625. The third-order valence-corrected chi connectivity index (χ3v) is 2.73. The molecule has 0 aromatic carbocycles. The van der Waals surface area contributed by atoms with Crippen LogP contribution in [-0.2, 0) is 6.54 Å². The number of rotatable bonds is 5. The standard InChI is InChI=1S/C13H19N5/c1-4-5-14-7-12-8-15-13(17-11(12)3)18-9-10(2)6-16-18/h6,8-9,14H,4-5,7H2,1-3H3. The zero-order valence-corrected chi connectivity index (χ0v) is 11.1. The molecule has 0 aliphatic carbocycles. The number of hydrogen-bond acceptors (Lipinski definition) is 4. The van der Waals surface area contributed by atoms with Crippen molar-refractivity contribution in [2.24, 2.45) is 0 Å². The van der Waals surface area contributed by atoms with Gasteiger partial charge in [-0.05, 0) is 32.4 Å². The van der Waals surface area contributed by atoms with Gasteiger partial charge in [0.05, 0.1) is 6.20 Å². The van der Waals surface area contributed by atoms with Gasteiger partial charge < -0.3 is 5.32 Å². The van der Waals surface area contributed by atoms with Crippen molar-refractivity contribution in [3.8, 4) is 5.95 Å². The molecule has 0 fully saturated rings. The van der Waals surface area contributed by atoms with E-state index >= 15 is 0 Å². The molecule has 0 aliphatic heterocycles. The summed E-state index contributed by atoms with van der Waals surface area (Å²) in [6, 6.07) is 0. The highest BCUT2D eigenvalue weighted by molar-refractivity contribution is 5.22. The molecule has 5 nitrogen and oxygen atoms in total. The molecule has 96 valence electrons. The third-order valence-electron chi connectivity index (χ3n) is 2.73. The van der Waals surface area contributed by atoms with E-state index in [4.69, 9.17) is 0 Å². The molecule has 18 heavy (non-hydrogen) atoms. The van der Waals surface area contributed by atoms with Crippen LogP contribution >= 0.6 is 0 Å². The van der Waals surface area contributed by atoms with Crippen LogP contribution in [0.5, 0.6) is 0 Å². The Kier molecular flexibility index (Phi) is 4.04. The maximum absolute atomic E-state index is 4.48. The fraction of sp³-hybridized carbons (Fsp3) is 0.462. The number of nitrogens with one attached hydrogen (secondary N) is 1. The Morgan fingerprint density at radius 2 is 2.11 bits per heavy atom. The van der Waals surface area contributed by atoms with Crippen molar-refractivity contribution in [1.29, 1.82) is 0 Å². The number of nitrogens with zero attached hydrogens (tertiary/aromatic N) is 4. The van der Waals surface area contributed by atoms with Gasteiger partial charge in [-0.2, -0.15) is 5.10 Å². The molecule has 0 unspecified atom stereocenters. The molecule has 0 saturated carbocycles. The van der Waals surface area contributed by atoms with E-state index in [9.17, 15) is 0 Å². The Morgan fingerprint density at radius 1 is 1.28 bits per heavy atom. The molecule has 0 amide bonds. The Morgan fingerprint density at radius 3 is 2.72 bits per heavy atom. The predicted octanol–water partition coefficient (Wildman–Crippen LogP) is 1.78. The monoisotopic (exact) mass is 245 g/mol. The summed E-state index contributed by atoms with van der Waals surface area (Å²) in [6.45, 7) is 7.99. The molecule has 2 aromatic rings. The molecule has 2 rings (SSSR count). The second-order valence-corrected chi connectivity index (χ2v) is 4.42. The van der Waals surface area contributed by atoms with E-state index in [0.717, 1.165) is 36.3 Å². The van der Waals surface area contributed by atoms with Gasteiger partial charge in [-0.25, -0.2) is 14.6 Å². The van der Waals surface area contributed by atoms with Crippen molar-refractivity contribution in [1.82, 2.24) is 25.1 Å². The number of aromatic nitrogens is 4. The Balaban J connectivity index is 2.14. The molecule has 2 heterocycles. The van der Waals surface area contributed by atoms with E-state index in [1.54, 1.807) is 10.9 Å². The lowest BCUT2D eigenvalue weighted by atomic mass is 10.2. The van der Waals surface area contributed by atoms with Crippen LogP contribution in [0.4, 0.5) is 0 Å². The largest absolute Gasteiger partial charge is 0.313 e. The van der Waals surface area contributed by atoms with Gasteiger partial charge >= 0.3 is 0 Å². The van der Waals surface area contributed by atoms with Crippen molar-refractivity contribution in [2.45, 2.75) is 33.7 Å². The van der Waals surface area contributed by atoms with E-state index in [0.29, 0.717) is 5.95 Å². The van der Waals surface area contributed by atoms with Crippen molar-refractivity contribution in [3.63, 3.8) is 0 Å². The molecule has 0 spiro atoms. The summed E-state index contributed by atoms with van der Waals surface area (Å²) in [4.78, 5) is 8.84. The Hall–Kier alpha value is -1.75. The van der Waals surface area contributed by atoms with Crippen molar-refractivity contribution in [3.05, 3.63) is 35.4 Å². The molecule has 0 saturated heterocycles. The van der Waals surface area contributed by atoms with Gasteiger partial charge in [0.2, 0.25) is 0 Å². The molecule has 0 atom stereocenters. The zero-order valence-electron chi connectivity index (χ0n) is 11.1. The first-order valence-corrected chi connectivity index (χ1v) is 6.25. The van der Waals surface area contributed by atoms with Gasteiger partial charge in [0.25, 0.3) is 5.95 Å². The molecular weight excluding hydrogens is 226 g/mol. The molecule has 0 radical (unpaired) electrons. The van der Waals surface area contributed by atoms with Gasteiger partial charge in [-0.3, -0.25) is 0 Å². The normalized spacial score (nSPS) is 10.8. The van der Waals surface area contributed by atoms with Crippen molar-refractivity contribution in [2.75, 3.05) is 6.54 Å². The summed E-state index contributed by atoms with van der Waals surface area (Å²) < 4.78 is 1.70. The SMILES string of the molecule is CCCNCc1cnc(-n2cc(C)cn2)nc1C. The lowest BCUT2D eigenvalue weighted by Crippen LogP contribution is -2.16. The first-order valence-electron chi connectivity index (χ1n) is 6.25. The average molecular weight is 245 g/mol. The molecule has 2 aromatic heterocycles. The molecule has 0 aliphatic rings. The van der Waals surface area contributed by atoms with E-state index in [-0.39, 0.29) is 0 Å². The number of hydrogen-bond donors (Lipinski definition) is 1. The first kappa shape index (κ1) is 12.7. The fourth-order valence-corrected chi connectivity index (χ4v) is 1.69. The van der Waals surface area contributed by atoms with Crippen LogP contribution < -0.4 is 5.32 Å². The van der Waals surface area contributed by atoms with Gasteiger partial charge in [0, 0.05) is 30.2 Å². The highest BCUT2D eigenvalue weighted by atomic mass is 15.3. The molecular formula is C13H19N5. The molecule has 1 N–H and O–H groups in total. The summed E-state index contributed by atoms with van der Waals surface area (Å²) in [6.07, 6.45) is 6.72. The van der Waals surface area contributed by atoms with Crippen LogP contribution in [-0.4, -0.2) is 26.3 Å². The minimum atomic E-state index is 0.625. The lowest BCUT2D eigenvalue weighted by Gasteiger charge is -2.07. The van der Waals surface area contributed by atoms with Crippen LogP contribution in [0.25, 0.3) is 5.95 Å². The van der Waals surface area contributed by atoms with E-state index < -0.39 is 0 Å². The highest BCUT2D eigenvalue weighted by Crippen LogP contribution is 2.07. The topological polar surface area (TPSA) is 55.6 Å². The minimum Gasteiger partial charge on any atom is -0.313 e. The van der Waals surface area contributed by atoms with Crippen molar-refractivity contribution >= 4 is 0 Å². The van der Waals surface area contributed by atoms with Gasteiger partial charge in [-0.15, -0.1) is 0 Å². The van der Waals surface area contributed by atoms with E-state index in [1.165, 1.54) is 0 Å². The summed E-state index contributed by atoms with van der Waals surface area (Å²) in [7, 11) is 0. The first-order chi connectivity index (χ1) is 8.70. The quantitative estimate of drug-likeness (QED) is 0.816. The second kappa shape index (κ2) is 5.73. The fourth-order valence-electron chi connectivity index (χ4n) is 1.69. The third kappa shape index (κ3) is 2.92. The van der Waals surface area contributed by atoms with Crippen LogP contribution in [0, 0.1) is 13.8 Å². The number of aryl methyl sites for hydroxylation is 2. The van der Waals surface area contributed by atoms with E-state index in [1.807, 2.05) is 26.2 Å². The summed E-state index contributed by atoms with van der Waals surface area (Å²) >= 11 is 0. The average Bonchev–Trinajstić information content (AvgIpc) is 2.78. The minimum absolute atomic E-state index is 0.625. The van der Waals surface area contributed by atoms with Crippen LogP contribution in [0.1, 0.15) is 30.2 Å². The van der Waals surface area contributed by atoms with Crippen LogP contribution in [0.2, 0.25) is 0 Å². The van der Waals surface area contributed by atoms with Crippen LogP contribution in [0.3, 0.4) is 0 Å². The van der Waals surface area contributed by atoms with Gasteiger partial charge in [0.1, 0.15) is 0 Å². The zero-order chi connectivity index (χ0) is 13.0. The molecule has 5 heteroatoms. The Labute approximate surface area is 107 Å². The summed E-state index contributed by atoms with van der Waals surface area (Å²) in [5.41, 5.74) is 3.23. The summed E-state index contributed by atoms with van der Waals surface area (Å²) in [5, 5.41) is 7.56. The second-order valence-electron chi connectivity index (χ2n) is 4.42. The highest BCUT2D eigenvalue weighted by Gasteiger charge is 2.05. The molecule has 0 bridgehead atoms. The Bertz CT molecular complexity index is 518. The van der Waals surface area contributed by atoms with Gasteiger partial charge in [0.15, 0.2) is 0 Å². The predicted molar refractivity (Wildman–Crippen MR) is 70.6 cm³/mol. The van der Waals surface area contributed by atoms with E-state index in [2.05, 4.69) is 27.3 Å². The maximum atomic E-state index is 4.48.